The van der Waals surface area contributed by atoms with E-state index in [1.54, 1.807) is 14.2 Å². The minimum absolute atomic E-state index is 0.00807. The van der Waals surface area contributed by atoms with Crippen LogP contribution in [0.5, 0.6) is 11.5 Å². The van der Waals surface area contributed by atoms with E-state index in [2.05, 4.69) is 39.1 Å². The zero-order valence-electron chi connectivity index (χ0n) is 16.8. The van der Waals surface area contributed by atoms with Crippen molar-refractivity contribution in [3.63, 3.8) is 0 Å². The molecule has 1 atom stereocenters. The lowest BCUT2D eigenvalue weighted by Gasteiger charge is -2.48. The van der Waals surface area contributed by atoms with Crippen molar-refractivity contribution in [2.24, 2.45) is 11.3 Å². The van der Waals surface area contributed by atoms with Crippen LogP contribution < -0.4 is 14.8 Å². The highest BCUT2D eigenvalue weighted by Crippen LogP contribution is 2.46. The fourth-order valence-corrected chi connectivity index (χ4v) is 4.07. The van der Waals surface area contributed by atoms with Gasteiger partial charge < -0.3 is 19.5 Å². The molecular weight excluding hydrogens is 314 g/mol. The van der Waals surface area contributed by atoms with Crippen LogP contribution in [0.4, 0.5) is 0 Å². The fourth-order valence-electron chi connectivity index (χ4n) is 4.07. The third-order valence-electron chi connectivity index (χ3n) is 5.67. The number of benzene rings is 1. The molecule has 0 amide bonds. The Bertz CT molecular complexity index is 556. The first-order valence-corrected chi connectivity index (χ1v) is 9.37. The van der Waals surface area contributed by atoms with Crippen molar-refractivity contribution in [2.75, 3.05) is 27.4 Å². The van der Waals surface area contributed by atoms with Gasteiger partial charge in [-0.2, -0.15) is 0 Å². The smallest absolute Gasteiger partial charge is 0.161 e. The summed E-state index contributed by atoms with van der Waals surface area (Å²) in [6.45, 7) is 11.9. The average molecular weight is 350 g/mol. The molecule has 0 unspecified atom stereocenters. The van der Waals surface area contributed by atoms with Gasteiger partial charge in [-0.3, -0.25) is 0 Å². The number of methoxy groups -OCH3 is 2. The molecule has 0 radical (unpaired) electrons. The molecule has 1 aliphatic rings. The molecule has 1 heterocycles. The second-order valence-corrected chi connectivity index (χ2v) is 8.17. The van der Waals surface area contributed by atoms with Gasteiger partial charge in [-0.1, -0.05) is 19.9 Å². The summed E-state index contributed by atoms with van der Waals surface area (Å²) in [7, 11) is 3.34. The first-order chi connectivity index (χ1) is 11.8. The van der Waals surface area contributed by atoms with Gasteiger partial charge in [-0.15, -0.1) is 0 Å². The Labute approximate surface area is 153 Å². The molecule has 25 heavy (non-hydrogen) atoms. The first kappa shape index (κ1) is 20.1. The predicted molar refractivity (Wildman–Crippen MR) is 102 cm³/mol. The number of ether oxygens (including phenoxy) is 3. The first-order valence-electron chi connectivity index (χ1n) is 9.37. The zero-order chi connectivity index (χ0) is 18.5. The third kappa shape index (κ3) is 5.11. The Morgan fingerprint density at radius 3 is 2.48 bits per heavy atom. The third-order valence-corrected chi connectivity index (χ3v) is 5.67. The summed E-state index contributed by atoms with van der Waals surface area (Å²) in [6, 6.07) is 6.10. The molecule has 1 N–H and O–H groups in total. The van der Waals surface area contributed by atoms with Crippen LogP contribution in [0.1, 0.15) is 52.5 Å². The van der Waals surface area contributed by atoms with Gasteiger partial charge in [0.05, 0.1) is 19.8 Å². The summed E-state index contributed by atoms with van der Waals surface area (Å²) in [5.74, 6) is 2.22. The van der Waals surface area contributed by atoms with Gasteiger partial charge >= 0.3 is 0 Å². The lowest BCUT2D eigenvalue weighted by molar-refractivity contribution is -0.121. The number of hydrogen-bond donors (Lipinski definition) is 1. The molecule has 2 rings (SSSR count). The molecule has 4 nitrogen and oxygen atoms in total. The van der Waals surface area contributed by atoms with Crippen LogP contribution in [0.2, 0.25) is 0 Å². The Morgan fingerprint density at radius 2 is 1.88 bits per heavy atom. The molecule has 1 aliphatic heterocycles. The summed E-state index contributed by atoms with van der Waals surface area (Å²) in [5.41, 5.74) is 1.57. The molecule has 1 aromatic rings. The topological polar surface area (TPSA) is 39.7 Å². The van der Waals surface area contributed by atoms with Gasteiger partial charge in [0.1, 0.15) is 0 Å². The largest absolute Gasteiger partial charge is 0.493 e. The van der Waals surface area contributed by atoms with Gasteiger partial charge in [0.2, 0.25) is 0 Å². The van der Waals surface area contributed by atoms with Gasteiger partial charge in [0.25, 0.3) is 0 Å². The molecule has 1 saturated heterocycles. The van der Waals surface area contributed by atoms with Crippen molar-refractivity contribution >= 4 is 0 Å². The van der Waals surface area contributed by atoms with Gasteiger partial charge in [0.15, 0.2) is 11.5 Å². The molecule has 1 aromatic carbocycles. The average Bonchev–Trinajstić information content (AvgIpc) is 2.57. The van der Waals surface area contributed by atoms with E-state index in [1.165, 1.54) is 12.0 Å². The van der Waals surface area contributed by atoms with Gasteiger partial charge in [-0.05, 0) is 68.7 Å². The quantitative estimate of drug-likeness (QED) is 0.706. The summed E-state index contributed by atoms with van der Waals surface area (Å²) in [6.07, 6.45) is 3.48. The van der Waals surface area contributed by atoms with Crippen LogP contribution >= 0.6 is 0 Å². The number of hydrogen-bond acceptors (Lipinski definition) is 4. The summed E-state index contributed by atoms with van der Waals surface area (Å²) >= 11 is 0. The monoisotopic (exact) mass is 349 g/mol. The second-order valence-electron chi connectivity index (χ2n) is 8.17. The maximum absolute atomic E-state index is 5.95. The second kappa shape index (κ2) is 8.41. The minimum atomic E-state index is -0.00807. The predicted octanol–water partition coefficient (Wildman–Crippen LogP) is 4.41. The Morgan fingerprint density at radius 1 is 1.16 bits per heavy atom. The zero-order valence-corrected chi connectivity index (χ0v) is 16.8. The fraction of sp³-hybridized carbons (Fsp3) is 0.714. The maximum Gasteiger partial charge on any atom is 0.161 e. The Balaban J connectivity index is 1.91. The van der Waals surface area contributed by atoms with Crippen LogP contribution in [-0.4, -0.2) is 33.0 Å². The highest BCUT2D eigenvalue weighted by atomic mass is 16.5. The maximum atomic E-state index is 5.95. The van der Waals surface area contributed by atoms with E-state index in [0.29, 0.717) is 11.3 Å². The SMILES string of the molecule is COc1ccc(CNCC[C@@]2(C(C)C)CCOC(C)(C)C2)cc1OC. The van der Waals surface area contributed by atoms with E-state index in [-0.39, 0.29) is 5.60 Å². The van der Waals surface area contributed by atoms with E-state index in [0.717, 1.165) is 44.0 Å². The van der Waals surface area contributed by atoms with Crippen LogP contribution in [0.3, 0.4) is 0 Å². The van der Waals surface area contributed by atoms with Crippen LogP contribution in [0.15, 0.2) is 18.2 Å². The summed E-state index contributed by atoms with van der Waals surface area (Å²) in [4.78, 5) is 0. The van der Waals surface area contributed by atoms with Crippen LogP contribution in [-0.2, 0) is 11.3 Å². The van der Waals surface area contributed by atoms with Crippen LogP contribution in [0, 0.1) is 11.3 Å². The van der Waals surface area contributed by atoms with Crippen molar-refractivity contribution in [3.8, 4) is 11.5 Å². The molecule has 0 spiro atoms. The van der Waals surface area contributed by atoms with E-state index >= 15 is 0 Å². The number of rotatable bonds is 8. The lowest BCUT2D eigenvalue weighted by atomic mass is 9.65. The van der Waals surface area contributed by atoms with Crippen molar-refractivity contribution in [3.05, 3.63) is 23.8 Å². The van der Waals surface area contributed by atoms with Gasteiger partial charge in [0, 0.05) is 13.2 Å². The molecule has 0 aliphatic carbocycles. The Hall–Kier alpha value is -1.26. The van der Waals surface area contributed by atoms with Gasteiger partial charge in [-0.25, -0.2) is 0 Å². The number of nitrogens with one attached hydrogen (secondary N) is 1. The molecule has 142 valence electrons. The van der Waals surface area contributed by atoms with E-state index in [9.17, 15) is 0 Å². The molecule has 0 bridgehead atoms. The standard InChI is InChI=1S/C21H35NO3/c1-16(2)21(10-12-25-20(3,4)15-21)9-11-22-14-17-7-8-18(23-5)19(13-17)24-6/h7-8,13,16,22H,9-12,14-15H2,1-6H3/t21-/m1/s1. The van der Waals surface area contributed by atoms with Crippen molar-refractivity contribution < 1.29 is 14.2 Å². The molecular formula is C21H35NO3. The lowest BCUT2D eigenvalue weighted by Crippen LogP contribution is -2.45. The normalized spacial score (nSPS) is 22.8. The molecule has 4 heteroatoms. The summed E-state index contributed by atoms with van der Waals surface area (Å²) < 4.78 is 16.6. The molecule has 0 saturated carbocycles. The summed E-state index contributed by atoms with van der Waals surface area (Å²) in [5, 5.41) is 3.61. The van der Waals surface area contributed by atoms with Crippen molar-refractivity contribution in [1.29, 1.82) is 0 Å². The minimum Gasteiger partial charge on any atom is -0.493 e. The van der Waals surface area contributed by atoms with Crippen molar-refractivity contribution in [2.45, 2.75) is 59.1 Å². The van der Waals surface area contributed by atoms with Crippen LogP contribution in [0.25, 0.3) is 0 Å². The van der Waals surface area contributed by atoms with Crippen molar-refractivity contribution in [1.82, 2.24) is 5.32 Å². The highest BCUT2D eigenvalue weighted by Gasteiger charge is 2.42. The van der Waals surface area contributed by atoms with E-state index < -0.39 is 0 Å². The highest BCUT2D eigenvalue weighted by molar-refractivity contribution is 5.42. The molecule has 0 aromatic heterocycles. The molecule has 1 fully saturated rings. The Kier molecular flexibility index (Phi) is 6.75. The van der Waals surface area contributed by atoms with E-state index in [4.69, 9.17) is 14.2 Å². The van der Waals surface area contributed by atoms with E-state index in [1.807, 2.05) is 12.1 Å².